The van der Waals surface area contributed by atoms with E-state index in [0.717, 1.165) is 14.9 Å². The molecule has 0 fully saturated rings. The van der Waals surface area contributed by atoms with Gasteiger partial charge in [0.1, 0.15) is 0 Å². The molecule has 0 heterocycles. The van der Waals surface area contributed by atoms with Crippen LogP contribution in [0.2, 0.25) is 0 Å². The van der Waals surface area contributed by atoms with E-state index in [1.165, 1.54) is 0 Å². The maximum Gasteiger partial charge on any atom is -0.0378 e. The minimum Gasteiger partial charge on any atom is -0.105 e. The molecular weight excluding hydrogens is 156 g/mol. The SMILES string of the molecule is PPSPP. The van der Waals surface area contributed by atoms with Crippen LogP contribution in [0, 0.1) is 0 Å². The Balaban J connectivity index is 2.19. The second kappa shape index (κ2) is 6.07. The molecule has 0 aliphatic rings. The summed E-state index contributed by atoms with van der Waals surface area (Å²) >= 11 is 1.94. The molecule has 32 valence electrons. The first kappa shape index (κ1) is 7.07. The molecular formula is H6P4S. The number of hydrogen-bond acceptors (Lipinski definition) is 1. The molecule has 4 atom stereocenters. The summed E-state index contributed by atoms with van der Waals surface area (Å²) in [6.07, 6.45) is 0. The van der Waals surface area contributed by atoms with E-state index in [0.29, 0.717) is 0 Å². The molecule has 5 heteroatoms. The van der Waals surface area contributed by atoms with Crippen LogP contribution in [0.3, 0.4) is 0 Å². The highest BCUT2D eigenvalue weighted by Gasteiger charge is 1.66. The van der Waals surface area contributed by atoms with Crippen LogP contribution in [0.15, 0.2) is 0 Å². The molecule has 0 saturated carbocycles. The van der Waals surface area contributed by atoms with Gasteiger partial charge in [0, 0.05) is 0 Å². The van der Waals surface area contributed by atoms with E-state index in [-0.39, 0.29) is 0 Å². The van der Waals surface area contributed by atoms with Gasteiger partial charge in [-0.1, -0.05) is 0 Å². The van der Waals surface area contributed by atoms with Crippen molar-refractivity contribution in [3.63, 3.8) is 0 Å². The third kappa shape index (κ3) is 6.07. The quantitative estimate of drug-likeness (QED) is 0.562. The molecule has 0 spiro atoms. The molecule has 4 unspecified atom stereocenters. The maximum absolute atomic E-state index is 2.68. The van der Waals surface area contributed by atoms with Gasteiger partial charge in [0.15, 0.2) is 0 Å². The fourth-order valence-corrected chi connectivity index (χ4v) is 8.27. The Morgan fingerprint density at radius 2 is 1.60 bits per heavy atom. The van der Waals surface area contributed by atoms with E-state index < -0.39 is 0 Å². The fourth-order valence-electron chi connectivity index (χ4n) is 0.0340. The first-order valence-corrected chi connectivity index (χ1v) is 8.87. The zero-order valence-corrected chi connectivity index (χ0v) is 7.69. The van der Waals surface area contributed by atoms with Gasteiger partial charge in [-0.25, -0.2) is 0 Å². The Morgan fingerprint density at radius 1 is 1.20 bits per heavy atom. The lowest BCUT2D eigenvalue weighted by Gasteiger charge is -1.80. The summed E-state index contributed by atoms with van der Waals surface area (Å²) in [7, 11) is 7.33. The second-order valence-electron chi connectivity index (χ2n) is 0.338. The first-order chi connectivity index (χ1) is 2.41. The summed E-state index contributed by atoms with van der Waals surface area (Å²) in [4.78, 5) is 0. The summed E-state index contributed by atoms with van der Waals surface area (Å²) in [5.41, 5.74) is 0. The number of rotatable bonds is 2. The van der Waals surface area contributed by atoms with E-state index in [4.69, 9.17) is 0 Å². The zero-order valence-electron chi connectivity index (χ0n) is 2.56. The molecule has 0 rings (SSSR count). The van der Waals surface area contributed by atoms with Crippen molar-refractivity contribution in [2.45, 2.75) is 0 Å². The van der Waals surface area contributed by atoms with Gasteiger partial charge in [0.05, 0.1) is 0 Å². The minimum absolute atomic E-state index is 0.983. The monoisotopic (exact) mass is 162 g/mol. The van der Waals surface area contributed by atoms with E-state index in [1.54, 1.807) is 0 Å². The molecule has 0 aromatic heterocycles. The van der Waals surface area contributed by atoms with Crippen LogP contribution < -0.4 is 0 Å². The highest BCUT2D eigenvalue weighted by molar-refractivity contribution is 8.92. The maximum atomic E-state index is 2.68. The van der Waals surface area contributed by atoms with Crippen molar-refractivity contribution in [3.8, 4) is 0 Å². The Bertz CT molecular complexity index is 11.1. The lowest BCUT2D eigenvalue weighted by Crippen LogP contribution is -0.946. The van der Waals surface area contributed by atoms with Crippen molar-refractivity contribution < 1.29 is 0 Å². The van der Waals surface area contributed by atoms with Crippen molar-refractivity contribution in [1.82, 2.24) is 0 Å². The molecule has 0 saturated heterocycles. The van der Waals surface area contributed by atoms with Gasteiger partial charge in [-0.15, -0.1) is 28.9 Å². The lowest BCUT2D eigenvalue weighted by atomic mass is 29.5. The van der Waals surface area contributed by atoms with Crippen molar-refractivity contribution in [2.75, 3.05) is 0 Å². The van der Waals surface area contributed by atoms with E-state index >= 15 is 0 Å². The Kier molecular flexibility index (Phi) is 8.58. The number of hydrogen-bond donors (Lipinski definition) is 0. The van der Waals surface area contributed by atoms with Crippen molar-refractivity contribution >= 4 is 43.8 Å². The van der Waals surface area contributed by atoms with Crippen molar-refractivity contribution in [3.05, 3.63) is 0 Å². The summed E-state index contributed by atoms with van der Waals surface area (Å²) in [5, 5.41) is 0. The molecule has 0 radical (unpaired) electrons. The van der Waals surface area contributed by atoms with E-state index in [2.05, 4.69) is 17.9 Å². The van der Waals surface area contributed by atoms with Crippen LogP contribution >= 0.6 is 43.8 Å². The van der Waals surface area contributed by atoms with Gasteiger partial charge < -0.3 is 0 Å². The van der Waals surface area contributed by atoms with Crippen molar-refractivity contribution in [2.24, 2.45) is 0 Å². The average Bonchev–Trinajstić information content (AvgIpc) is 1.41. The molecule has 0 aromatic rings. The minimum atomic E-state index is 0.983. The predicted molar refractivity (Wildman–Crippen MR) is 43.6 cm³/mol. The molecule has 5 heavy (non-hydrogen) atoms. The van der Waals surface area contributed by atoms with E-state index in [1.807, 2.05) is 11.0 Å². The molecule has 0 aliphatic carbocycles. The van der Waals surface area contributed by atoms with Gasteiger partial charge >= 0.3 is 0 Å². The molecule has 0 amide bonds. The van der Waals surface area contributed by atoms with Crippen LogP contribution in [0.5, 0.6) is 0 Å². The molecule has 0 aromatic carbocycles. The van der Waals surface area contributed by atoms with Gasteiger partial charge in [0.2, 0.25) is 0 Å². The van der Waals surface area contributed by atoms with Crippen LogP contribution in [0.25, 0.3) is 0 Å². The van der Waals surface area contributed by atoms with Gasteiger partial charge in [-0.05, 0) is 14.9 Å². The topological polar surface area (TPSA) is 0 Å². The summed E-state index contributed by atoms with van der Waals surface area (Å²) in [6, 6.07) is 0. The molecule has 0 nitrogen and oxygen atoms in total. The molecule has 0 N–H and O–H groups in total. The lowest BCUT2D eigenvalue weighted by molar-refractivity contribution is 5.37. The molecule has 0 aliphatic heterocycles. The van der Waals surface area contributed by atoms with Gasteiger partial charge in [-0.3, -0.25) is 0 Å². The summed E-state index contributed by atoms with van der Waals surface area (Å²) in [5.74, 6) is 0. The van der Waals surface area contributed by atoms with Gasteiger partial charge in [-0.2, -0.15) is 0 Å². The second-order valence-corrected chi connectivity index (χ2v) is 9.12. The summed E-state index contributed by atoms with van der Waals surface area (Å²) in [6.45, 7) is 0. The van der Waals surface area contributed by atoms with Crippen LogP contribution in [0.4, 0.5) is 0 Å². The van der Waals surface area contributed by atoms with Crippen LogP contribution in [-0.4, -0.2) is 0 Å². The highest BCUT2D eigenvalue weighted by atomic mass is 33.2. The Hall–Kier alpha value is 2.07. The van der Waals surface area contributed by atoms with E-state index in [9.17, 15) is 0 Å². The smallest absolute Gasteiger partial charge is 0.0378 e. The first-order valence-electron chi connectivity index (χ1n) is 0.986. The fraction of sp³-hybridized carbons (Fsp3) is 0. The largest absolute Gasteiger partial charge is 0.105 e. The van der Waals surface area contributed by atoms with Crippen molar-refractivity contribution in [1.29, 1.82) is 0 Å². The van der Waals surface area contributed by atoms with Crippen LogP contribution in [0.1, 0.15) is 0 Å². The van der Waals surface area contributed by atoms with Crippen LogP contribution in [-0.2, 0) is 0 Å². The third-order valence-electron chi connectivity index (χ3n) is 0.118. The average molecular weight is 162 g/mol. The Morgan fingerprint density at radius 3 is 1.60 bits per heavy atom. The summed E-state index contributed by atoms with van der Waals surface area (Å²) < 4.78 is 0. The van der Waals surface area contributed by atoms with Gasteiger partial charge in [0.25, 0.3) is 0 Å². The highest BCUT2D eigenvalue weighted by Crippen LogP contribution is 2.53. The third-order valence-corrected chi connectivity index (χ3v) is 9.55. The zero-order chi connectivity index (χ0) is 4.12. The standard InChI is InChI=1S/H6P4S/c1-3-5-4-2/h3-4H,1-2H2. The predicted octanol–water partition coefficient (Wildman–Crippen LogP) is 2.49. The normalized spacial score (nSPS) is 13.2. The Labute approximate surface area is 44.3 Å². The molecule has 0 bridgehead atoms.